The van der Waals surface area contributed by atoms with Gasteiger partial charge in [-0.25, -0.2) is 0 Å². The third-order valence-electron chi connectivity index (χ3n) is 3.77. The van der Waals surface area contributed by atoms with E-state index in [0.717, 1.165) is 11.3 Å². The molecule has 1 fully saturated rings. The summed E-state index contributed by atoms with van der Waals surface area (Å²) in [6.07, 6.45) is 2.05. The molecule has 0 radical (unpaired) electrons. The van der Waals surface area contributed by atoms with Crippen LogP contribution in [0.1, 0.15) is 19.4 Å². The van der Waals surface area contributed by atoms with E-state index in [1.54, 1.807) is 23.6 Å². The Bertz CT molecular complexity index is 520. The quantitative estimate of drug-likeness (QED) is 0.903. The van der Waals surface area contributed by atoms with E-state index in [4.69, 9.17) is 0 Å². The number of nitrogens with one attached hydrogen (secondary N) is 1. The molecule has 1 aliphatic rings. The number of hydrogen-bond donors (Lipinski definition) is 1. The van der Waals surface area contributed by atoms with Crippen molar-refractivity contribution in [1.82, 2.24) is 10.2 Å². The predicted octanol–water partition coefficient (Wildman–Crippen LogP) is 1.86. The standard InChI is InChI=1S/C16H22N2O2S/c1-12(11-21-3)9-18-10-14(19)17-16(2,15(18)20)13-7-5-4-6-8-13/h4-8,12H,9-11H2,1-3H3,(H,17,19). The van der Waals surface area contributed by atoms with Crippen molar-refractivity contribution < 1.29 is 9.59 Å². The first-order valence-corrected chi connectivity index (χ1v) is 8.51. The van der Waals surface area contributed by atoms with Crippen LogP contribution in [0, 0.1) is 5.92 Å². The average molecular weight is 306 g/mol. The van der Waals surface area contributed by atoms with Crippen molar-refractivity contribution in [3.8, 4) is 0 Å². The lowest BCUT2D eigenvalue weighted by atomic mass is 9.88. The van der Waals surface area contributed by atoms with Gasteiger partial charge in [-0.3, -0.25) is 9.59 Å². The molecule has 5 heteroatoms. The summed E-state index contributed by atoms with van der Waals surface area (Å²) in [5, 5.41) is 2.86. The maximum atomic E-state index is 12.8. The lowest BCUT2D eigenvalue weighted by Gasteiger charge is -2.41. The molecule has 1 saturated heterocycles. The molecular formula is C16H22N2O2S. The molecule has 0 spiro atoms. The van der Waals surface area contributed by atoms with E-state index in [9.17, 15) is 9.59 Å². The number of thioether (sulfide) groups is 1. The van der Waals surface area contributed by atoms with E-state index in [-0.39, 0.29) is 18.4 Å². The number of hydrogen-bond acceptors (Lipinski definition) is 3. The Kier molecular flexibility index (Phi) is 4.93. The van der Waals surface area contributed by atoms with Crippen molar-refractivity contribution in [2.24, 2.45) is 5.92 Å². The highest BCUT2D eigenvalue weighted by Crippen LogP contribution is 2.26. The van der Waals surface area contributed by atoms with Gasteiger partial charge in [0.1, 0.15) is 5.54 Å². The third-order valence-corrected chi connectivity index (χ3v) is 4.68. The van der Waals surface area contributed by atoms with E-state index < -0.39 is 5.54 Å². The number of piperazine rings is 1. The fourth-order valence-corrected chi connectivity index (χ4v) is 3.44. The van der Waals surface area contributed by atoms with Gasteiger partial charge in [0.2, 0.25) is 5.91 Å². The topological polar surface area (TPSA) is 49.4 Å². The molecule has 1 aliphatic heterocycles. The van der Waals surface area contributed by atoms with Crippen molar-refractivity contribution in [2.75, 3.05) is 25.1 Å². The van der Waals surface area contributed by atoms with Crippen LogP contribution in [0.5, 0.6) is 0 Å². The molecule has 1 N–H and O–H groups in total. The van der Waals surface area contributed by atoms with E-state index in [2.05, 4.69) is 18.5 Å². The maximum absolute atomic E-state index is 12.8. The number of amides is 2. The highest BCUT2D eigenvalue weighted by molar-refractivity contribution is 7.98. The summed E-state index contributed by atoms with van der Waals surface area (Å²) in [5.74, 6) is 1.22. The van der Waals surface area contributed by atoms with E-state index in [1.165, 1.54) is 0 Å². The number of carbonyl (C=O) groups is 2. The van der Waals surface area contributed by atoms with E-state index in [1.807, 2.05) is 30.3 Å². The molecule has 2 atom stereocenters. The van der Waals surface area contributed by atoms with Gasteiger partial charge in [-0.15, -0.1) is 0 Å². The van der Waals surface area contributed by atoms with Gasteiger partial charge in [-0.2, -0.15) is 11.8 Å². The van der Waals surface area contributed by atoms with Gasteiger partial charge in [0.05, 0.1) is 6.54 Å². The van der Waals surface area contributed by atoms with Crippen LogP contribution in [0.2, 0.25) is 0 Å². The Morgan fingerprint density at radius 3 is 2.62 bits per heavy atom. The van der Waals surface area contributed by atoms with Crippen LogP contribution in [0.15, 0.2) is 30.3 Å². The Morgan fingerprint density at radius 2 is 2.00 bits per heavy atom. The van der Waals surface area contributed by atoms with Gasteiger partial charge in [0, 0.05) is 6.54 Å². The summed E-state index contributed by atoms with van der Waals surface area (Å²) < 4.78 is 0. The minimum absolute atomic E-state index is 0.0266. The summed E-state index contributed by atoms with van der Waals surface area (Å²) in [6.45, 7) is 4.67. The third kappa shape index (κ3) is 3.40. The lowest BCUT2D eigenvalue weighted by Crippen LogP contribution is -2.63. The smallest absolute Gasteiger partial charge is 0.253 e. The molecule has 2 rings (SSSR count). The Labute approximate surface area is 130 Å². The lowest BCUT2D eigenvalue weighted by molar-refractivity contribution is -0.150. The van der Waals surface area contributed by atoms with Crippen molar-refractivity contribution >= 4 is 23.6 Å². The average Bonchev–Trinajstić information content (AvgIpc) is 2.45. The van der Waals surface area contributed by atoms with Gasteiger partial charge in [0.25, 0.3) is 5.91 Å². The molecule has 2 amide bonds. The Morgan fingerprint density at radius 1 is 1.33 bits per heavy atom. The fourth-order valence-electron chi connectivity index (χ4n) is 2.76. The second-order valence-electron chi connectivity index (χ2n) is 5.79. The summed E-state index contributed by atoms with van der Waals surface area (Å²) in [6, 6.07) is 9.44. The van der Waals surface area contributed by atoms with E-state index >= 15 is 0 Å². The monoisotopic (exact) mass is 306 g/mol. The SMILES string of the molecule is CSCC(C)CN1CC(=O)NC(C)(c2ccccc2)C1=O. The number of benzene rings is 1. The molecule has 1 heterocycles. The summed E-state index contributed by atoms with van der Waals surface area (Å²) in [4.78, 5) is 26.6. The molecule has 21 heavy (non-hydrogen) atoms. The van der Waals surface area contributed by atoms with Crippen LogP contribution >= 0.6 is 11.8 Å². The zero-order chi connectivity index (χ0) is 15.5. The van der Waals surface area contributed by atoms with Gasteiger partial charge in [-0.1, -0.05) is 37.3 Å². The number of rotatable bonds is 5. The van der Waals surface area contributed by atoms with Crippen molar-refractivity contribution in [3.05, 3.63) is 35.9 Å². The Balaban J connectivity index is 2.23. The van der Waals surface area contributed by atoms with E-state index in [0.29, 0.717) is 12.5 Å². The van der Waals surface area contributed by atoms with Crippen LogP contribution in [0.4, 0.5) is 0 Å². The largest absolute Gasteiger partial charge is 0.337 e. The molecule has 0 aliphatic carbocycles. The molecule has 0 aromatic heterocycles. The van der Waals surface area contributed by atoms with Crippen LogP contribution < -0.4 is 5.32 Å². The van der Waals surface area contributed by atoms with Crippen molar-refractivity contribution in [3.63, 3.8) is 0 Å². The summed E-state index contributed by atoms with van der Waals surface area (Å²) >= 11 is 1.76. The van der Waals surface area contributed by atoms with Gasteiger partial charge in [0.15, 0.2) is 0 Å². The minimum atomic E-state index is -0.963. The molecule has 0 saturated carbocycles. The van der Waals surface area contributed by atoms with Gasteiger partial charge >= 0.3 is 0 Å². The van der Waals surface area contributed by atoms with Crippen LogP contribution in [0.3, 0.4) is 0 Å². The number of nitrogens with zero attached hydrogens (tertiary/aromatic N) is 1. The highest BCUT2D eigenvalue weighted by atomic mass is 32.2. The molecular weight excluding hydrogens is 284 g/mol. The molecule has 114 valence electrons. The Hall–Kier alpha value is -1.49. The summed E-state index contributed by atoms with van der Waals surface area (Å²) in [7, 11) is 0. The van der Waals surface area contributed by atoms with Gasteiger partial charge in [-0.05, 0) is 30.4 Å². The number of carbonyl (C=O) groups excluding carboxylic acids is 2. The minimum Gasteiger partial charge on any atom is -0.337 e. The normalized spacial score (nSPS) is 23.9. The second-order valence-corrected chi connectivity index (χ2v) is 6.70. The van der Waals surface area contributed by atoms with Crippen molar-refractivity contribution in [2.45, 2.75) is 19.4 Å². The first-order chi connectivity index (χ1) is 9.97. The van der Waals surface area contributed by atoms with Crippen molar-refractivity contribution in [1.29, 1.82) is 0 Å². The molecule has 0 bridgehead atoms. The van der Waals surface area contributed by atoms with Crippen LogP contribution in [-0.2, 0) is 15.1 Å². The predicted molar refractivity (Wildman–Crippen MR) is 86.1 cm³/mol. The highest BCUT2D eigenvalue weighted by Gasteiger charge is 2.44. The maximum Gasteiger partial charge on any atom is 0.253 e. The second kappa shape index (κ2) is 6.52. The van der Waals surface area contributed by atoms with Crippen LogP contribution in [-0.4, -0.2) is 41.8 Å². The first kappa shape index (κ1) is 15.9. The summed E-state index contributed by atoms with van der Waals surface area (Å²) in [5.41, 5.74) is -0.138. The molecule has 4 nitrogen and oxygen atoms in total. The first-order valence-electron chi connectivity index (χ1n) is 7.12. The fraction of sp³-hybridized carbons (Fsp3) is 0.500. The molecule has 1 aromatic carbocycles. The molecule has 2 unspecified atom stereocenters. The van der Waals surface area contributed by atoms with Crippen LogP contribution in [0.25, 0.3) is 0 Å². The zero-order valence-corrected chi connectivity index (χ0v) is 13.6. The van der Waals surface area contributed by atoms with Gasteiger partial charge < -0.3 is 10.2 Å². The zero-order valence-electron chi connectivity index (χ0n) is 12.8. The molecule has 1 aromatic rings.